The van der Waals surface area contributed by atoms with Crippen molar-refractivity contribution in [1.82, 2.24) is 15.1 Å². The van der Waals surface area contributed by atoms with Crippen LogP contribution >= 0.6 is 0 Å². The van der Waals surface area contributed by atoms with Crippen molar-refractivity contribution in [3.8, 4) is 11.4 Å². The van der Waals surface area contributed by atoms with Crippen LogP contribution in [0.3, 0.4) is 0 Å². The van der Waals surface area contributed by atoms with Gasteiger partial charge in [-0.3, -0.25) is 4.79 Å². The van der Waals surface area contributed by atoms with Crippen molar-refractivity contribution in [2.75, 3.05) is 6.61 Å². The number of carbonyl (C=O) groups excluding carboxylic acids is 1. The highest BCUT2D eigenvalue weighted by Crippen LogP contribution is 2.22. The van der Waals surface area contributed by atoms with Crippen LogP contribution in [0.4, 0.5) is 0 Å². The van der Waals surface area contributed by atoms with Crippen LogP contribution in [0.1, 0.15) is 50.0 Å². The maximum Gasteiger partial charge on any atom is 0.275 e. The number of nitrogens with two attached hydrogens (primary N) is 1. The van der Waals surface area contributed by atoms with Crippen LogP contribution in [0.15, 0.2) is 36.5 Å². The first-order valence-corrected chi connectivity index (χ1v) is 9.37. The Balaban J connectivity index is 1.79. The Labute approximate surface area is 154 Å². The van der Waals surface area contributed by atoms with E-state index in [4.69, 9.17) is 10.5 Å². The first-order chi connectivity index (χ1) is 12.5. The minimum atomic E-state index is -0.182. The number of hydrogen-bond acceptors (Lipinski definition) is 4. The third kappa shape index (κ3) is 4.64. The first-order valence-electron chi connectivity index (χ1n) is 9.37. The monoisotopic (exact) mass is 356 g/mol. The third-order valence-corrected chi connectivity index (χ3v) is 4.60. The molecule has 2 aromatic rings. The summed E-state index contributed by atoms with van der Waals surface area (Å²) in [4.78, 5) is 12.8. The maximum absolute atomic E-state index is 12.8. The highest BCUT2D eigenvalue weighted by Gasteiger charge is 2.24. The van der Waals surface area contributed by atoms with Crippen molar-refractivity contribution in [3.05, 3.63) is 42.2 Å². The summed E-state index contributed by atoms with van der Waals surface area (Å²) in [5.74, 6) is 0.706. The van der Waals surface area contributed by atoms with E-state index in [0.717, 1.165) is 31.4 Å². The predicted molar refractivity (Wildman–Crippen MR) is 102 cm³/mol. The molecule has 1 heterocycles. The SMILES string of the molecule is CC(C)COc1cn(-c2ccccc2)nc1C(=O)NC1CCC(N)CC1. The lowest BCUT2D eigenvalue weighted by Crippen LogP contribution is -2.40. The Morgan fingerprint density at radius 2 is 1.96 bits per heavy atom. The average Bonchev–Trinajstić information content (AvgIpc) is 3.07. The Morgan fingerprint density at radius 3 is 2.62 bits per heavy atom. The number of carbonyl (C=O) groups is 1. The van der Waals surface area contributed by atoms with Gasteiger partial charge in [0.25, 0.3) is 5.91 Å². The first kappa shape index (κ1) is 18.5. The standard InChI is InChI=1S/C20H28N4O2/c1-14(2)13-26-18-12-24(17-6-4-3-5-7-17)23-19(18)20(25)22-16-10-8-15(21)9-11-16/h3-7,12,14-16H,8-11,13,21H2,1-2H3,(H,22,25). The molecule has 6 nitrogen and oxygen atoms in total. The van der Waals surface area contributed by atoms with Crippen molar-refractivity contribution in [2.45, 2.75) is 51.6 Å². The zero-order chi connectivity index (χ0) is 18.5. The summed E-state index contributed by atoms with van der Waals surface area (Å²) in [6.45, 7) is 4.69. The normalized spacial score (nSPS) is 20.2. The lowest BCUT2D eigenvalue weighted by Gasteiger charge is -2.26. The lowest BCUT2D eigenvalue weighted by molar-refractivity contribution is 0.0915. The molecule has 1 aromatic carbocycles. The number of hydrogen-bond donors (Lipinski definition) is 2. The molecule has 0 aliphatic heterocycles. The molecule has 1 fully saturated rings. The van der Waals surface area contributed by atoms with Crippen LogP contribution in [0.2, 0.25) is 0 Å². The Morgan fingerprint density at radius 1 is 1.27 bits per heavy atom. The fraction of sp³-hybridized carbons (Fsp3) is 0.500. The second-order valence-electron chi connectivity index (χ2n) is 7.41. The largest absolute Gasteiger partial charge is 0.489 e. The Hall–Kier alpha value is -2.34. The molecule has 0 bridgehead atoms. The van der Waals surface area contributed by atoms with Crippen LogP contribution in [0, 0.1) is 5.92 Å². The van der Waals surface area contributed by atoms with Gasteiger partial charge >= 0.3 is 0 Å². The van der Waals surface area contributed by atoms with Gasteiger partial charge in [-0.05, 0) is 43.7 Å². The summed E-state index contributed by atoms with van der Waals surface area (Å²) in [6, 6.07) is 10.1. The van der Waals surface area contributed by atoms with Crippen LogP contribution in [0.25, 0.3) is 5.69 Å². The van der Waals surface area contributed by atoms with Crippen molar-refractivity contribution >= 4 is 5.91 Å². The molecule has 0 radical (unpaired) electrons. The smallest absolute Gasteiger partial charge is 0.275 e. The van der Waals surface area contributed by atoms with Crippen molar-refractivity contribution in [1.29, 1.82) is 0 Å². The number of para-hydroxylation sites is 1. The number of benzene rings is 1. The molecule has 1 aromatic heterocycles. The quantitative estimate of drug-likeness (QED) is 0.834. The molecular weight excluding hydrogens is 328 g/mol. The number of aromatic nitrogens is 2. The van der Waals surface area contributed by atoms with Gasteiger partial charge in [0.15, 0.2) is 11.4 Å². The Kier molecular flexibility index (Phi) is 5.93. The van der Waals surface area contributed by atoms with Gasteiger partial charge in [0.05, 0.1) is 18.5 Å². The molecule has 1 aliphatic rings. The molecule has 3 rings (SSSR count). The zero-order valence-corrected chi connectivity index (χ0v) is 15.5. The summed E-state index contributed by atoms with van der Waals surface area (Å²) < 4.78 is 7.56. The maximum atomic E-state index is 12.8. The van der Waals surface area contributed by atoms with Gasteiger partial charge in [0.1, 0.15) is 0 Å². The van der Waals surface area contributed by atoms with E-state index in [2.05, 4.69) is 24.3 Å². The third-order valence-electron chi connectivity index (χ3n) is 4.60. The molecule has 6 heteroatoms. The second kappa shape index (κ2) is 8.36. The Bertz CT molecular complexity index is 719. The molecule has 1 aliphatic carbocycles. The number of nitrogens with one attached hydrogen (secondary N) is 1. The van der Waals surface area contributed by atoms with Gasteiger partial charge < -0.3 is 15.8 Å². The molecule has 0 unspecified atom stereocenters. The topological polar surface area (TPSA) is 82.2 Å². The van der Waals surface area contributed by atoms with E-state index in [0.29, 0.717) is 24.0 Å². The molecular formula is C20H28N4O2. The number of ether oxygens (including phenoxy) is 1. The number of rotatable bonds is 6. The van der Waals surface area contributed by atoms with E-state index in [1.54, 1.807) is 10.9 Å². The van der Waals surface area contributed by atoms with E-state index in [1.807, 2.05) is 30.3 Å². The molecule has 0 atom stereocenters. The highest BCUT2D eigenvalue weighted by atomic mass is 16.5. The van der Waals surface area contributed by atoms with Crippen LogP contribution < -0.4 is 15.8 Å². The summed E-state index contributed by atoms with van der Waals surface area (Å²) in [7, 11) is 0. The lowest BCUT2D eigenvalue weighted by atomic mass is 9.92. The molecule has 0 spiro atoms. The van der Waals surface area contributed by atoms with E-state index in [1.165, 1.54) is 0 Å². The fourth-order valence-electron chi connectivity index (χ4n) is 3.11. The zero-order valence-electron chi connectivity index (χ0n) is 15.5. The number of nitrogens with zero attached hydrogens (tertiary/aromatic N) is 2. The summed E-state index contributed by atoms with van der Waals surface area (Å²) in [6.07, 6.45) is 5.49. The average molecular weight is 356 g/mol. The van der Waals surface area contributed by atoms with Crippen LogP contribution in [0.5, 0.6) is 5.75 Å². The second-order valence-corrected chi connectivity index (χ2v) is 7.41. The molecule has 140 valence electrons. The van der Waals surface area contributed by atoms with Gasteiger partial charge in [-0.1, -0.05) is 32.0 Å². The van der Waals surface area contributed by atoms with Crippen molar-refractivity contribution < 1.29 is 9.53 Å². The van der Waals surface area contributed by atoms with Crippen molar-refractivity contribution in [3.63, 3.8) is 0 Å². The van der Waals surface area contributed by atoms with Crippen molar-refractivity contribution in [2.24, 2.45) is 11.7 Å². The van der Waals surface area contributed by atoms with Gasteiger partial charge in [-0.25, -0.2) is 4.68 Å². The van der Waals surface area contributed by atoms with Gasteiger partial charge in [0, 0.05) is 12.1 Å². The molecule has 1 saturated carbocycles. The van der Waals surface area contributed by atoms with Gasteiger partial charge in [0.2, 0.25) is 0 Å². The van der Waals surface area contributed by atoms with E-state index < -0.39 is 0 Å². The van der Waals surface area contributed by atoms with Crippen LogP contribution in [-0.2, 0) is 0 Å². The summed E-state index contributed by atoms with van der Waals surface area (Å²) in [5, 5.41) is 7.59. The molecule has 1 amide bonds. The minimum absolute atomic E-state index is 0.155. The highest BCUT2D eigenvalue weighted by molar-refractivity contribution is 5.95. The van der Waals surface area contributed by atoms with E-state index in [9.17, 15) is 4.79 Å². The minimum Gasteiger partial charge on any atom is -0.489 e. The fourth-order valence-corrected chi connectivity index (χ4v) is 3.11. The summed E-state index contributed by atoms with van der Waals surface area (Å²) >= 11 is 0. The molecule has 0 saturated heterocycles. The summed E-state index contributed by atoms with van der Waals surface area (Å²) in [5.41, 5.74) is 7.18. The number of amides is 1. The predicted octanol–water partition coefficient (Wildman–Crippen LogP) is 2.91. The molecule has 3 N–H and O–H groups in total. The van der Waals surface area contributed by atoms with E-state index >= 15 is 0 Å². The van der Waals surface area contributed by atoms with Crippen LogP contribution in [-0.4, -0.2) is 34.4 Å². The van der Waals surface area contributed by atoms with Gasteiger partial charge in [-0.2, -0.15) is 5.10 Å². The van der Waals surface area contributed by atoms with Gasteiger partial charge in [-0.15, -0.1) is 0 Å². The van der Waals surface area contributed by atoms with E-state index in [-0.39, 0.29) is 18.0 Å². The molecule has 26 heavy (non-hydrogen) atoms.